The molecule has 0 saturated heterocycles. The maximum absolute atomic E-state index is 13.0. The van der Waals surface area contributed by atoms with Gasteiger partial charge in [0, 0.05) is 17.0 Å². The van der Waals surface area contributed by atoms with Crippen LogP contribution in [0.3, 0.4) is 0 Å². The highest BCUT2D eigenvalue weighted by Gasteiger charge is 2.15. The van der Waals surface area contributed by atoms with Crippen LogP contribution in [0.25, 0.3) is 6.08 Å². The third-order valence-electron chi connectivity index (χ3n) is 4.66. The Kier molecular flexibility index (Phi) is 8.66. The van der Waals surface area contributed by atoms with E-state index in [1.54, 1.807) is 18.2 Å². The minimum absolute atomic E-state index is 0.180. The highest BCUT2D eigenvalue weighted by Crippen LogP contribution is 2.28. The molecule has 7 heteroatoms. The molecule has 0 atom stereocenters. The lowest BCUT2D eigenvalue weighted by molar-refractivity contribution is -0.117. The molecule has 1 aromatic heterocycles. The molecule has 6 nitrogen and oxygen atoms in total. The molecule has 0 spiro atoms. The lowest BCUT2D eigenvalue weighted by Crippen LogP contribution is -2.34. The molecule has 0 unspecified atom stereocenters. The molecule has 1 heterocycles. The van der Waals surface area contributed by atoms with Gasteiger partial charge in [0.25, 0.3) is 11.8 Å². The third-order valence-corrected chi connectivity index (χ3v) is 5.48. The zero-order valence-corrected chi connectivity index (χ0v) is 19.8. The normalized spacial score (nSPS) is 11.1. The molecular weight excluding hydrogens is 436 g/mol. The van der Waals surface area contributed by atoms with Gasteiger partial charge in [0.1, 0.15) is 5.70 Å². The van der Waals surface area contributed by atoms with Crippen LogP contribution in [-0.2, 0) is 11.3 Å². The molecule has 172 valence electrons. The first kappa shape index (κ1) is 24.1. The molecule has 0 bridgehead atoms. The largest absolute Gasteiger partial charge is 0.490 e. The summed E-state index contributed by atoms with van der Waals surface area (Å²) in [6, 6.07) is 16.6. The second-order valence-electron chi connectivity index (χ2n) is 7.23. The average molecular weight is 465 g/mol. The van der Waals surface area contributed by atoms with Crippen LogP contribution in [0.4, 0.5) is 0 Å². The van der Waals surface area contributed by atoms with Gasteiger partial charge in [-0.25, -0.2) is 0 Å². The molecular formula is C26H28N2O4S. The van der Waals surface area contributed by atoms with Crippen molar-refractivity contribution in [2.24, 2.45) is 0 Å². The first-order chi connectivity index (χ1) is 16.0. The Labute approximate surface area is 198 Å². The molecule has 2 N–H and O–H groups in total. The minimum atomic E-state index is -0.378. The second-order valence-corrected chi connectivity index (χ2v) is 8.21. The van der Waals surface area contributed by atoms with Crippen molar-refractivity contribution in [2.75, 3.05) is 13.2 Å². The van der Waals surface area contributed by atoms with Gasteiger partial charge >= 0.3 is 0 Å². The summed E-state index contributed by atoms with van der Waals surface area (Å²) in [5.74, 6) is 0.582. The molecule has 2 aromatic carbocycles. The van der Waals surface area contributed by atoms with Crippen LogP contribution in [0.15, 0.2) is 65.7 Å². The van der Waals surface area contributed by atoms with Crippen LogP contribution in [0.2, 0.25) is 0 Å². The number of aryl methyl sites for hydroxylation is 1. The summed E-state index contributed by atoms with van der Waals surface area (Å²) in [5.41, 5.74) is 2.50. The van der Waals surface area contributed by atoms with Crippen LogP contribution < -0.4 is 20.1 Å². The predicted octanol–water partition coefficient (Wildman–Crippen LogP) is 4.94. The van der Waals surface area contributed by atoms with E-state index in [1.807, 2.05) is 68.6 Å². The quantitative estimate of drug-likeness (QED) is 0.417. The lowest BCUT2D eigenvalue weighted by Gasteiger charge is -2.14. The van der Waals surface area contributed by atoms with Gasteiger partial charge < -0.3 is 20.1 Å². The summed E-state index contributed by atoms with van der Waals surface area (Å²) in [6.07, 6.45) is 1.68. The van der Waals surface area contributed by atoms with Gasteiger partial charge in [0.2, 0.25) is 0 Å². The smallest absolute Gasteiger partial charge is 0.268 e. The Balaban J connectivity index is 1.75. The zero-order valence-electron chi connectivity index (χ0n) is 19.0. The van der Waals surface area contributed by atoms with Crippen LogP contribution in [0.5, 0.6) is 11.5 Å². The fourth-order valence-corrected chi connectivity index (χ4v) is 3.80. The van der Waals surface area contributed by atoms with E-state index in [0.717, 1.165) is 16.0 Å². The number of amides is 2. The minimum Gasteiger partial charge on any atom is -0.490 e. The predicted molar refractivity (Wildman–Crippen MR) is 132 cm³/mol. The van der Waals surface area contributed by atoms with Gasteiger partial charge in [0.05, 0.1) is 13.2 Å². The van der Waals surface area contributed by atoms with Crippen LogP contribution in [0.1, 0.15) is 40.2 Å². The molecule has 0 aliphatic heterocycles. The SMILES string of the molecule is CCOc1ccc(CNC(=O)/C(=C/c2cccs2)NC(=O)c2cccc(C)c2)cc1OCC. The summed E-state index contributed by atoms with van der Waals surface area (Å²) >= 11 is 1.48. The molecule has 0 aliphatic carbocycles. The zero-order chi connectivity index (χ0) is 23.6. The van der Waals surface area contributed by atoms with E-state index < -0.39 is 0 Å². The molecule has 0 radical (unpaired) electrons. The van der Waals surface area contributed by atoms with Crippen molar-refractivity contribution in [1.29, 1.82) is 0 Å². The Hall–Kier alpha value is -3.58. The number of carbonyl (C=O) groups excluding carboxylic acids is 2. The van der Waals surface area contributed by atoms with Gasteiger partial charge in [-0.1, -0.05) is 29.8 Å². The topological polar surface area (TPSA) is 76.7 Å². The Morgan fingerprint density at radius 3 is 2.45 bits per heavy atom. The molecule has 3 aromatic rings. The van der Waals surface area contributed by atoms with Crippen LogP contribution >= 0.6 is 11.3 Å². The molecule has 2 amide bonds. The van der Waals surface area contributed by atoms with E-state index in [4.69, 9.17) is 9.47 Å². The van der Waals surface area contributed by atoms with Gasteiger partial charge in [-0.05, 0) is 68.1 Å². The first-order valence-electron chi connectivity index (χ1n) is 10.8. The summed E-state index contributed by atoms with van der Waals surface area (Å²) in [4.78, 5) is 26.6. The van der Waals surface area contributed by atoms with E-state index >= 15 is 0 Å². The number of rotatable bonds is 10. The summed E-state index contributed by atoms with van der Waals surface area (Å²) in [5, 5.41) is 7.57. The molecule has 0 aliphatic rings. The molecule has 33 heavy (non-hydrogen) atoms. The third kappa shape index (κ3) is 6.95. The molecule has 0 saturated carbocycles. The Morgan fingerprint density at radius 1 is 0.970 bits per heavy atom. The average Bonchev–Trinajstić information content (AvgIpc) is 3.32. The number of ether oxygens (including phenoxy) is 2. The monoisotopic (exact) mass is 464 g/mol. The highest BCUT2D eigenvalue weighted by atomic mass is 32.1. The summed E-state index contributed by atoms with van der Waals surface area (Å²) in [6.45, 7) is 7.05. The highest BCUT2D eigenvalue weighted by molar-refractivity contribution is 7.10. The fraction of sp³-hybridized carbons (Fsp3) is 0.231. The summed E-state index contributed by atoms with van der Waals surface area (Å²) in [7, 11) is 0. The standard InChI is InChI=1S/C26H28N2O4S/c1-4-31-23-12-11-19(15-24(23)32-5-2)17-27-26(30)22(16-21-10-7-13-33-21)28-25(29)20-9-6-8-18(3)14-20/h6-16H,4-5,17H2,1-3H3,(H,27,30)(H,28,29)/b22-16-. The van der Waals surface area contributed by atoms with Gasteiger partial charge in [-0.15, -0.1) is 11.3 Å². The molecule has 3 rings (SSSR count). The number of carbonyl (C=O) groups is 2. The van der Waals surface area contributed by atoms with Crippen molar-refractivity contribution in [2.45, 2.75) is 27.3 Å². The maximum atomic E-state index is 13.0. The van der Waals surface area contributed by atoms with Gasteiger partial charge in [-0.2, -0.15) is 0 Å². The number of thiophene rings is 1. The first-order valence-corrected chi connectivity index (χ1v) is 11.7. The van der Waals surface area contributed by atoms with Crippen LogP contribution in [-0.4, -0.2) is 25.0 Å². The van der Waals surface area contributed by atoms with E-state index in [0.29, 0.717) is 30.3 Å². The number of hydrogen-bond acceptors (Lipinski definition) is 5. The van der Waals surface area contributed by atoms with Crippen LogP contribution in [0, 0.1) is 6.92 Å². The number of nitrogens with one attached hydrogen (secondary N) is 2. The molecule has 0 fully saturated rings. The number of benzene rings is 2. The van der Waals surface area contributed by atoms with Gasteiger partial charge in [-0.3, -0.25) is 9.59 Å². The van der Waals surface area contributed by atoms with Crippen molar-refractivity contribution in [3.8, 4) is 11.5 Å². The number of hydrogen-bond donors (Lipinski definition) is 2. The van der Waals surface area contributed by atoms with Crippen molar-refractivity contribution >= 4 is 29.2 Å². The van der Waals surface area contributed by atoms with Crippen molar-refractivity contribution < 1.29 is 19.1 Å². The van der Waals surface area contributed by atoms with Crippen molar-refractivity contribution in [3.05, 3.63) is 87.2 Å². The Bertz CT molecular complexity index is 1120. The summed E-state index contributed by atoms with van der Waals surface area (Å²) < 4.78 is 11.3. The van der Waals surface area contributed by atoms with Gasteiger partial charge in [0.15, 0.2) is 11.5 Å². The second kappa shape index (κ2) is 11.9. The van der Waals surface area contributed by atoms with Crippen molar-refractivity contribution in [3.63, 3.8) is 0 Å². The van der Waals surface area contributed by atoms with Crippen molar-refractivity contribution in [1.82, 2.24) is 10.6 Å². The maximum Gasteiger partial charge on any atom is 0.268 e. The van der Waals surface area contributed by atoms with E-state index in [1.165, 1.54) is 11.3 Å². The van der Waals surface area contributed by atoms with E-state index in [9.17, 15) is 9.59 Å². The Morgan fingerprint density at radius 2 is 1.76 bits per heavy atom. The lowest BCUT2D eigenvalue weighted by atomic mass is 10.1. The van der Waals surface area contributed by atoms with E-state index in [2.05, 4.69) is 10.6 Å². The van der Waals surface area contributed by atoms with E-state index in [-0.39, 0.29) is 24.1 Å². The fourth-order valence-electron chi connectivity index (χ4n) is 3.14.